The van der Waals surface area contributed by atoms with Crippen LogP contribution in [0.1, 0.15) is 11.3 Å². The van der Waals surface area contributed by atoms with Crippen LogP contribution in [0.4, 0.5) is 8.78 Å². The van der Waals surface area contributed by atoms with E-state index in [4.69, 9.17) is 5.73 Å². The lowest BCUT2D eigenvalue weighted by Gasteiger charge is -2.05. The molecule has 0 aliphatic carbocycles. The Morgan fingerprint density at radius 2 is 2.00 bits per heavy atom. The van der Waals surface area contributed by atoms with E-state index in [1.165, 1.54) is 18.3 Å². The Labute approximate surface area is 121 Å². The van der Waals surface area contributed by atoms with Gasteiger partial charge < -0.3 is 10.1 Å². The number of hydrogen-bond acceptors (Lipinski definition) is 2. The first kappa shape index (κ1) is 13.7. The van der Waals surface area contributed by atoms with Crippen molar-refractivity contribution in [3.8, 4) is 11.3 Å². The summed E-state index contributed by atoms with van der Waals surface area (Å²) in [6, 6.07) is 7.83. The highest BCUT2D eigenvalue weighted by Crippen LogP contribution is 2.26. The second-order valence-corrected chi connectivity index (χ2v) is 4.99. The number of benzene rings is 1. The molecule has 2 heterocycles. The molecule has 0 amide bonds. The zero-order chi connectivity index (χ0) is 15.0. The molecule has 21 heavy (non-hydrogen) atoms. The number of halogens is 2. The molecule has 1 aromatic carbocycles. The third kappa shape index (κ3) is 2.40. The molecule has 108 valence electrons. The summed E-state index contributed by atoms with van der Waals surface area (Å²) in [4.78, 5) is 4.53. The van der Waals surface area contributed by atoms with Crippen molar-refractivity contribution >= 4 is 5.65 Å². The molecule has 0 fully saturated rings. The summed E-state index contributed by atoms with van der Waals surface area (Å²) in [6.45, 7) is 2.13. The average Bonchev–Trinajstić information content (AvgIpc) is 2.81. The lowest BCUT2D eigenvalue weighted by Crippen LogP contribution is -2.06. The van der Waals surface area contributed by atoms with Gasteiger partial charge in [-0.1, -0.05) is 0 Å². The molecule has 0 spiro atoms. The molecule has 2 N–H and O–H groups in total. The Bertz CT molecular complexity index is 809. The van der Waals surface area contributed by atoms with Crippen LogP contribution in [0.3, 0.4) is 0 Å². The average molecular weight is 287 g/mol. The maximum atomic E-state index is 13.5. The van der Waals surface area contributed by atoms with Crippen molar-refractivity contribution in [3.63, 3.8) is 0 Å². The minimum atomic E-state index is -0.333. The van der Waals surface area contributed by atoms with E-state index < -0.39 is 0 Å². The minimum Gasteiger partial charge on any atom is -0.330 e. The van der Waals surface area contributed by atoms with Crippen LogP contribution < -0.4 is 5.73 Å². The maximum Gasteiger partial charge on any atom is 0.139 e. The van der Waals surface area contributed by atoms with Gasteiger partial charge in [0.2, 0.25) is 0 Å². The summed E-state index contributed by atoms with van der Waals surface area (Å²) in [5.41, 5.74) is 9.21. The van der Waals surface area contributed by atoms with Crippen molar-refractivity contribution in [2.45, 2.75) is 13.3 Å². The highest BCUT2D eigenvalue weighted by atomic mass is 19.1. The lowest BCUT2D eigenvalue weighted by molar-refractivity contribution is 0.617. The molecule has 0 saturated heterocycles. The fraction of sp³-hybridized carbons (Fsp3) is 0.188. The van der Waals surface area contributed by atoms with Crippen molar-refractivity contribution in [2.75, 3.05) is 6.54 Å². The number of hydrogen-bond donors (Lipinski definition) is 1. The molecule has 0 saturated carbocycles. The van der Waals surface area contributed by atoms with Gasteiger partial charge in [0, 0.05) is 18.2 Å². The van der Waals surface area contributed by atoms with Gasteiger partial charge in [0.05, 0.1) is 11.4 Å². The van der Waals surface area contributed by atoms with Crippen LogP contribution in [0.5, 0.6) is 0 Å². The van der Waals surface area contributed by atoms with E-state index in [1.54, 1.807) is 29.5 Å². The third-order valence-corrected chi connectivity index (χ3v) is 3.49. The smallest absolute Gasteiger partial charge is 0.139 e. The van der Waals surface area contributed by atoms with Crippen molar-refractivity contribution in [1.29, 1.82) is 0 Å². The van der Waals surface area contributed by atoms with E-state index in [1.807, 2.05) is 0 Å². The molecule has 0 aliphatic rings. The maximum absolute atomic E-state index is 13.5. The predicted molar refractivity (Wildman–Crippen MR) is 78.0 cm³/mol. The number of nitrogens with two attached hydrogens (primary N) is 1. The molecule has 0 radical (unpaired) electrons. The largest absolute Gasteiger partial charge is 0.330 e. The van der Waals surface area contributed by atoms with Gasteiger partial charge >= 0.3 is 0 Å². The first-order valence-electron chi connectivity index (χ1n) is 6.73. The highest BCUT2D eigenvalue weighted by Gasteiger charge is 2.14. The van der Waals surface area contributed by atoms with Gasteiger partial charge in [-0.3, -0.25) is 0 Å². The molecule has 3 aromatic rings. The second kappa shape index (κ2) is 5.26. The molecule has 0 aliphatic heterocycles. The normalized spacial score (nSPS) is 11.2. The summed E-state index contributed by atoms with van der Waals surface area (Å²) in [5.74, 6) is -0.589. The zero-order valence-corrected chi connectivity index (χ0v) is 11.6. The summed E-state index contributed by atoms with van der Waals surface area (Å²) in [7, 11) is 0. The monoisotopic (exact) mass is 287 g/mol. The van der Waals surface area contributed by atoms with Crippen LogP contribution in [0, 0.1) is 18.6 Å². The Hall–Kier alpha value is -2.27. The number of nitrogens with zero attached hydrogens (tertiary/aromatic N) is 2. The Morgan fingerprint density at radius 3 is 2.71 bits per heavy atom. The van der Waals surface area contributed by atoms with Crippen LogP contribution >= 0.6 is 0 Å². The van der Waals surface area contributed by atoms with E-state index >= 15 is 0 Å². The van der Waals surface area contributed by atoms with E-state index in [0.29, 0.717) is 29.9 Å². The lowest BCUT2D eigenvalue weighted by atomic mass is 10.1. The number of pyridine rings is 1. The van der Waals surface area contributed by atoms with Gasteiger partial charge in [-0.2, -0.15) is 0 Å². The quantitative estimate of drug-likeness (QED) is 0.804. The number of fused-ring (bicyclic) bond motifs is 1. The van der Waals surface area contributed by atoms with Crippen molar-refractivity contribution in [2.24, 2.45) is 5.73 Å². The van der Waals surface area contributed by atoms with Crippen LogP contribution in [-0.2, 0) is 6.42 Å². The highest BCUT2D eigenvalue weighted by molar-refractivity contribution is 5.67. The van der Waals surface area contributed by atoms with E-state index in [2.05, 4.69) is 4.98 Å². The number of rotatable bonds is 3. The molecule has 0 bridgehead atoms. The van der Waals surface area contributed by atoms with Crippen LogP contribution in [0.15, 0.2) is 36.5 Å². The summed E-state index contributed by atoms with van der Waals surface area (Å²) in [5, 5.41) is 0. The standard InChI is InChI=1S/C16H15F2N3/c1-10-8-11(2-4-13(10)18)16-14(6-7-19)21-9-12(17)3-5-15(21)20-16/h2-5,8-9H,6-7,19H2,1H3. The van der Waals surface area contributed by atoms with Gasteiger partial charge in [-0.15, -0.1) is 0 Å². The molecule has 3 rings (SSSR count). The number of aromatic nitrogens is 2. The first-order valence-corrected chi connectivity index (χ1v) is 6.73. The van der Waals surface area contributed by atoms with Gasteiger partial charge in [-0.05, 0) is 49.4 Å². The molecular formula is C16H15F2N3. The fourth-order valence-corrected chi connectivity index (χ4v) is 2.47. The summed E-state index contributed by atoms with van der Waals surface area (Å²) in [6.07, 6.45) is 1.96. The molecule has 0 atom stereocenters. The van der Waals surface area contributed by atoms with Gasteiger partial charge in [0.1, 0.15) is 17.3 Å². The first-order chi connectivity index (χ1) is 10.1. The van der Waals surface area contributed by atoms with E-state index in [9.17, 15) is 8.78 Å². The fourth-order valence-electron chi connectivity index (χ4n) is 2.47. The number of imidazole rings is 1. The molecule has 3 nitrogen and oxygen atoms in total. The molecule has 2 aromatic heterocycles. The summed E-state index contributed by atoms with van der Waals surface area (Å²) < 4.78 is 28.6. The van der Waals surface area contributed by atoms with Crippen molar-refractivity contribution in [1.82, 2.24) is 9.38 Å². The van der Waals surface area contributed by atoms with Gasteiger partial charge in [0.15, 0.2) is 0 Å². The topological polar surface area (TPSA) is 43.3 Å². The minimum absolute atomic E-state index is 0.256. The third-order valence-electron chi connectivity index (χ3n) is 3.49. The Morgan fingerprint density at radius 1 is 1.19 bits per heavy atom. The van der Waals surface area contributed by atoms with Crippen molar-refractivity contribution in [3.05, 3.63) is 59.4 Å². The van der Waals surface area contributed by atoms with E-state index in [-0.39, 0.29) is 11.6 Å². The van der Waals surface area contributed by atoms with Gasteiger partial charge in [-0.25, -0.2) is 13.8 Å². The zero-order valence-electron chi connectivity index (χ0n) is 11.6. The van der Waals surface area contributed by atoms with Gasteiger partial charge in [0.25, 0.3) is 0 Å². The number of aryl methyl sites for hydroxylation is 1. The summed E-state index contributed by atoms with van der Waals surface area (Å²) >= 11 is 0. The Balaban J connectivity index is 2.25. The molecular weight excluding hydrogens is 272 g/mol. The second-order valence-electron chi connectivity index (χ2n) is 4.99. The van der Waals surface area contributed by atoms with Crippen LogP contribution in [-0.4, -0.2) is 15.9 Å². The SMILES string of the molecule is Cc1cc(-c2nc3ccc(F)cn3c2CCN)ccc1F. The predicted octanol–water partition coefficient (Wildman–Crippen LogP) is 3.09. The van der Waals surface area contributed by atoms with Crippen molar-refractivity contribution < 1.29 is 8.78 Å². The van der Waals surface area contributed by atoms with Crippen LogP contribution in [0.2, 0.25) is 0 Å². The van der Waals surface area contributed by atoms with Crippen LogP contribution in [0.25, 0.3) is 16.9 Å². The molecule has 5 heteroatoms. The van der Waals surface area contributed by atoms with E-state index in [0.717, 1.165) is 11.3 Å². The molecule has 0 unspecified atom stereocenters. The Kier molecular flexibility index (Phi) is 3.43.